The first-order valence-corrected chi connectivity index (χ1v) is 16.0. The van der Waals surface area contributed by atoms with Crippen LogP contribution in [-0.2, 0) is 12.8 Å². The van der Waals surface area contributed by atoms with Gasteiger partial charge < -0.3 is 26.0 Å². The Morgan fingerprint density at radius 3 is 1.79 bits per heavy atom. The molecule has 240 valence electrons. The van der Waals surface area contributed by atoms with Crippen LogP contribution < -0.4 is 16.1 Å². The molecule has 0 atom stereocenters. The van der Waals surface area contributed by atoms with Crippen LogP contribution in [0.25, 0.3) is 21.8 Å². The summed E-state index contributed by atoms with van der Waals surface area (Å²) in [6.45, 7) is 0. The van der Waals surface area contributed by atoms with E-state index in [1.807, 2.05) is 43.4 Å². The van der Waals surface area contributed by atoms with Crippen LogP contribution >= 0.6 is 0 Å². The summed E-state index contributed by atoms with van der Waals surface area (Å²) < 4.78 is 0. The molecule has 5 N–H and O–H groups in total. The maximum Gasteiger partial charge on any atom is 0.255 e. The fourth-order valence-electron chi connectivity index (χ4n) is 6.42. The molecule has 0 saturated heterocycles. The Balaban J connectivity index is 0.000000152. The molecule has 0 spiro atoms. The van der Waals surface area contributed by atoms with Crippen molar-refractivity contribution in [2.24, 2.45) is 5.10 Å². The van der Waals surface area contributed by atoms with Gasteiger partial charge in [0.05, 0.1) is 40.9 Å². The van der Waals surface area contributed by atoms with E-state index < -0.39 is 0 Å². The van der Waals surface area contributed by atoms with E-state index in [0.29, 0.717) is 34.6 Å². The molecule has 0 unspecified atom stereocenters. The lowest BCUT2D eigenvalue weighted by atomic mass is 9.93. The Labute approximate surface area is 276 Å². The Bertz CT molecular complexity index is 2180. The average Bonchev–Trinajstić information content (AvgIpc) is 3.69. The molecule has 4 heterocycles. The lowest BCUT2D eigenvalue weighted by molar-refractivity contribution is 0.0966. The number of carbonyl (C=O) groups excluding carboxylic acids is 3. The Kier molecular flexibility index (Phi) is 8.48. The molecule has 2 aliphatic carbocycles. The van der Waals surface area contributed by atoms with Gasteiger partial charge in [0.15, 0.2) is 5.78 Å². The average molecular weight is 639 g/mol. The van der Waals surface area contributed by atoms with E-state index >= 15 is 0 Å². The van der Waals surface area contributed by atoms with Crippen molar-refractivity contribution in [1.82, 2.24) is 25.4 Å². The van der Waals surface area contributed by atoms with Gasteiger partial charge in [-0.1, -0.05) is 0 Å². The van der Waals surface area contributed by atoms with Gasteiger partial charge in [-0.3, -0.25) is 24.4 Å². The fraction of sp³-hybridized carbons (Fsp3) is 0.189. The summed E-state index contributed by atoms with van der Waals surface area (Å²) in [5, 5.41) is 12.1. The zero-order chi connectivity index (χ0) is 33.0. The molecule has 2 aromatic carbocycles. The van der Waals surface area contributed by atoms with E-state index in [-0.39, 0.29) is 17.6 Å². The second-order valence-corrected chi connectivity index (χ2v) is 11.8. The number of ketones is 1. The second kappa shape index (κ2) is 13.3. The minimum Gasteiger partial charge on any atom is -0.353 e. The molecule has 4 aromatic heterocycles. The molecule has 11 nitrogen and oxygen atoms in total. The molecular formula is C37H34N8O3. The van der Waals surface area contributed by atoms with Crippen LogP contribution in [-0.4, -0.2) is 50.3 Å². The maximum absolute atomic E-state index is 12.5. The first-order valence-electron chi connectivity index (χ1n) is 16.0. The largest absolute Gasteiger partial charge is 0.353 e. The van der Waals surface area contributed by atoms with Crippen molar-refractivity contribution in [3.8, 4) is 0 Å². The SMILES string of the molecule is CNN=C1CCCc2c1[nH]c1ccc(C(=O)Nc3cccnc3)cc21.O=C(Nc1cccnc1)c1ccc2[nH]c3c(c2c1)CCCC3=O. The van der Waals surface area contributed by atoms with Crippen molar-refractivity contribution >= 4 is 56.5 Å². The number of nitrogens with zero attached hydrogens (tertiary/aromatic N) is 3. The van der Waals surface area contributed by atoms with Crippen molar-refractivity contribution in [2.75, 3.05) is 17.7 Å². The van der Waals surface area contributed by atoms with Gasteiger partial charge in [0.1, 0.15) is 0 Å². The van der Waals surface area contributed by atoms with Crippen molar-refractivity contribution in [1.29, 1.82) is 0 Å². The molecule has 6 aromatic rings. The molecule has 11 heteroatoms. The predicted octanol–water partition coefficient (Wildman–Crippen LogP) is 6.41. The normalized spacial score (nSPS) is 14.5. The van der Waals surface area contributed by atoms with Gasteiger partial charge in [-0.2, -0.15) is 5.10 Å². The number of Topliss-reactive ketones (excluding diaryl/α,β-unsaturated/α-hetero) is 1. The lowest BCUT2D eigenvalue weighted by Crippen LogP contribution is -2.14. The molecule has 0 bridgehead atoms. The number of pyridine rings is 2. The molecule has 2 amide bonds. The van der Waals surface area contributed by atoms with Crippen LogP contribution in [0.15, 0.2) is 90.6 Å². The van der Waals surface area contributed by atoms with Crippen molar-refractivity contribution < 1.29 is 14.4 Å². The van der Waals surface area contributed by atoms with Crippen LogP contribution in [0.2, 0.25) is 0 Å². The Morgan fingerprint density at radius 1 is 0.708 bits per heavy atom. The predicted molar refractivity (Wildman–Crippen MR) is 187 cm³/mol. The molecule has 0 saturated carbocycles. The number of hydrogen-bond acceptors (Lipinski definition) is 7. The third-order valence-corrected chi connectivity index (χ3v) is 8.66. The summed E-state index contributed by atoms with van der Waals surface area (Å²) in [7, 11) is 1.81. The number of aromatic amines is 2. The summed E-state index contributed by atoms with van der Waals surface area (Å²) >= 11 is 0. The summed E-state index contributed by atoms with van der Waals surface area (Å²) in [4.78, 5) is 51.6. The lowest BCUT2D eigenvalue weighted by Gasteiger charge is -2.13. The van der Waals surface area contributed by atoms with Gasteiger partial charge in [-0.25, -0.2) is 0 Å². The highest BCUT2D eigenvalue weighted by molar-refractivity contribution is 6.10. The number of anilines is 2. The van der Waals surface area contributed by atoms with Gasteiger partial charge >= 0.3 is 0 Å². The number of hydrogen-bond donors (Lipinski definition) is 5. The number of benzene rings is 2. The topological polar surface area (TPSA) is 157 Å². The number of nitrogens with one attached hydrogen (secondary N) is 5. The van der Waals surface area contributed by atoms with Gasteiger partial charge in [0, 0.05) is 58.8 Å². The summed E-state index contributed by atoms with van der Waals surface area (Å²) in [6.07, 6.45) is 11.9. The van der Waals surface area contributed by atoms with E-state index in [0.717, 1.165) is 70.9 Å². The Morgan fingerprint density at radius 2 is 1.25 bits per heavy atom. The van der Waals surface area contributed by atoms with E-state index in [9.17, 15) is 14.4 Å². The van der Waals surface area contributed by atoms with Crippen molar-refractivity contribution in [3.05, 3.63) is 119 Å². The minimum atomic E-state index is -0.183. The summed E-state index contributed by atoms with van der Waals surface area (Å²) in [5.41, 5.74) is 12.5. The smallest absolute Gasteiger partial charge is 0.255 e. The van der Waals surface area contributed by atoms with Crippen LogP contribution in [0.1, 0.15) is 73.7 Å². The molecule has 0 aliphatic heterocycles. The van der Waals surface area contributed by atoms with Crippen LogP contribution in [0.5, 0.6) is 0 Å². The van der Waals surface area contributed by atoms with E-state index in [1.54, 1.807) is 49.1 Å². The summed E-state index contributed by atoms with van der Waals surface area (Å²) in [5.74, 6) is -0.162. The molecule has 0 fully saturated rings. The van der Waals surface area contributed by atoms with Gasteiger partial charge in [0.2, 0.25) is 0 Å². The Hall–Kier alpha value is -6.10. The third kappa shape index (κ3) is 6.17. The molecular weight excluding hydrogens is 604 g/mol. The number of aromatic nitrogens is 4. The van der Waals surface area contributed by atoms with Crippen LogP contribution in [0.4, 0.5) is 11.4 Å². The molecule has 0 radical (unpaired) electrons. The van der Waals surface area contributed by atoms with Crippen molar-refractivity contribution in [2.45, 2.75) is 38.5 Å². The number of hydrazone groups is 1. The number of carbonyl (C=O) groups is 3. The minimum absolute atomic E-state index is 0.134. The van der Waals surface area contributed by atoms with Crippen LogP contribution in [0, 0.1) is 0 Å². The number of fused-ring (bicyclic) bond motifs is 6. The fourth-order valence-corrected chi connectivity index (χ4v) is 6.42. The highest BCUT2D eigenvalue weighted by Gasteiger charge is 2.23. The maximum atomic E-state index is 12.5. The highest BCUT2D eigenvalue weighted by atomic mass is 16.2. The molecule has 8 rings (SSSR count). The van der Waals surface area contributed by atoms with Gasteiger partial charge in [0.25, 0.3) is 11.8 Å². The monoisotopic (exact) mass is 638 g/mol. The van der Waals surface area contributed by atoms with Crippen LogP contribution in [0.3, 0.4) is 0 Å². The standard InChI is InChI=1S/C19H19N5O.C18H15N3O2/c1-20-24-17-6-2-5-14-15-10-12(7-8-16(15)23-18(14)17)19(25)22-13-4-3-9-21-11-13;22-16-5-1-4-13-14-9-11(6-7-15(14)21-17(13)16)18(23)20-12-3-2-8-19-10-12/h3-4,7-11,20,23H,2,5-6H2,1H3,(H,22,25);2-3,6-10,21H,1,4-5H2,(H,20,23). The quantitative estimate of drug-likeness (QED) is 0.137. The van der Waals surface area contributed by atoms with E-state index in [2.05, 4.69) is 41.1 Å². The zero-order valence-corrected chi connectivity index (χ0v) is 26.4. The summed E-state index contributed by atoms with van der Waals surface area (Å²) in [6, 6.07) is 18.4. The second-order valence-electron chi connectivity index (χ2n) is 11.8. The van der Waals surface area contributed by atoms with Gasteiger partial charge in [-0.15, -0.1) is 0 Å². The number of rotatable bonds is 5. The van der Waals surface area contributed by atoms with Gasteiger partial charge in [-0.05, 0) is 104 Å². The third-order valence-electron chi connectivity index (χ3n) is 8.66. The highest BCUT2D eigenvalue weighted by Crippen LogP contribution is 2.31. The zero-order valence-electron chi connectivity index (χ0n) is 26.4. The first-order chi connectivity index (χ1) is 23.5. The number of aryl methyl sites for hydroxylation is 2. The molecule has 2 aliphatic rings. The van der Waals surface area contributed by atoms with E-state index in [4.69, 9.17) is 0 Å². The first kappa shape index (κ1) is 30.5. The number of amides is 2. The number of H-pyrrole nitrogens is 2. The van der Waals surface area contributed by atoms with Crippen molar-refractivity contribution in [3.63, 3.8) is 0 Å². The molecule has 48 heavy (non-hydrogen) atoms. The van der Waals surface area contributed by atoms with E-state index in [1.165, 1.54) is 5.56 Å².